The highest BCUT2D eigenvalue weighted by Gasteiger charge is 2.46. The highest BCUT2D eigenvalue weighted by atomic mass is 19.1. The van der Waals surface area contributed by atoms with Crippen LogP contribution in [0.5, 0.6) is 0 Å². The molecule has 2 aliphatic rings. The smallest absolute Gasteiger partial charge is 0.408 e. The van der Waals surface area contributed by atoms with Gasteiger partial charge in [0, 0.05) is 36.8 Å². The van der Waals surface area contributed by atoms with E-state index in [-0.39, 0.29) is 35.3 Å². The second-order valence-corrected chi connectivity index (χ2v) is 13.4. The summed E-state index contributed by atoms with van der Waals surface area (Å²) in [6.45, 7) is 12.5. The van der Waals surface area contributed by atoms with Crippen LogP contribution < -0.4 is 5.32 Å². The molecule has 1 aliphatic heterocycles. The Balaban J connectivity index is 1.34. The van der Waals surface area contributed by atoms with E-state index in [1.54, 1.807) is 53.4 Å². The quantitative estimate of drug-likeness (QED) is 0.408. The molecule has 236 valence electrons. The number of carbonyl (C=O) groups excluding carboxylic acids is 3. The lowest BCUT2D eigenvalue weighted by molar-refractivity contribution is -0.144. The van der Waals surface area contributed by atoms with Gasteiger partial charge in [-0.1, -0.05) is 33.1 Å². The van der Waals surface area contributed by atoms with Gasteiger partial charge in [-0.15, -0.1) is 0 Å². The Morgan fingerprint density at radius 2 is 1.75 bits per heavy atom. The summed E-state index contributed by atoms with van der Waals surface area (Å²) in [6.07, 6.45) is 4.88. The Morgan fingerprint density at radius 1 is 1.07 bits per heavy atom. The molecular weight excluding hydrogens is 563 g/mol. The van der Waals surface area contributed by atoms with Gasteiger partial charge in [-0.3, -0.25) is 9.59 Å². The largest absolute Gasteiger partial charge is 0.444 e. The molecule has 44 heavy (non-hydrogen) atoms. The molecule has 10 nitrogen and oxygen atoms in total. The van der Waals surface area contributed by atoms with Crippen molar-refractivity contribution in [2.75, 3.05) is 19.6 Å². The molecule has 3 amide bonds. The number of fused-ring (bicyclic) bond motifs is 1. The van der Waals surface area contributed by atoms with E-state index in [0.717, 1.165) is 30.4 Å². The molecule has 1 saturated heterocycles. The lowest BCUT2D eigenvalue weighted by Gasteiger charge is -2.46. The molecule has 0 radical (unpaired) electrons. The maximum atomic E-state index is 14.0. The maximum Gasteiger partial charge on any atom is 0.408 e. The molecule has 2 fully saturated rings. The minimum Gasteiger partial charge on any atom is -0.444 e. The van der Waals surface area contributed by atoms with E-state index in [0.29, 0.717) is 43.8 Å². The number of benzene rings is 1. The molecule has 1 atom stereocenters. The molecular formula is C33H43FN6O4. The molecule has 11 heteroatoms. The molecule has 1 saturated carbocycles. The average Bonchev–Trinajstić information content (AvgIpc) is 3.40. The molecule has 0 bridgehead atoms. The van der Waals surface area contributed by atoms with Crippen LogP contribution >= 0.6 is 0 Å². The van der Waals surface area contributed by atoms with E-state index in [1.165, 1.54) is 12.1 Å². The van der Waals surface area contributed by atoms with Gasteiger partial charge in [-0.25, -0.2) is 18.7 Å². The predicted molar refractivity (Wildman–Crippen MR) is 165 cm³/mol. The van der Waals surface area contributed by atoms with Crippen molar-refractivity contribution < 1.29 is 23.5 Å². The third kappa shape index (κ3) is 6.56. The highest BCUT2D eigenvalue weighted by molar-refractivity contribution is 5.94. The number of rotatable bonds is 5. The van der Waals surface area contributed by atoms with Gasteiger partial charge >= 0.3 is 6.09 Å². The zero-order valence-corrected chi connectivity index (χ0v) is 26.5. The Hall–Kier alpha value is -4.02. The molecule has 3 heterocycles. The zero-order valence-electron chi connectivity index (χ0n) is 26.5. The lowest BCUT2D eigenvalue weighted by Crippen LogP contribution is -2.65. The molecule has 0 spiro atoms. The fourth-order valence-electron chi connectivity index (χ4n) is 6.22. The van der Waals surface area contributed by atoms with E-state index >= 15 is 0 Å². The van der Waals surface area contributed by atoms with Crippen molar-refractivity contribution in [3.05, 3.63) is 53.6 Å². The highest BCUT2D eigenvalue weighted by Crippen LogP contribution is 2.32. The number of alkyl carbamates (subject to hydrolysis) is 1. The summed E-state index contributed by atoms with van der Waals surface area (Å²) in [7, 11) is 0. The average molecular weight is 607 g/mol. The van der Waals surface area contributed by atoms with Gasteiger partial charge in [-0.2, -0.15) is 5.10 Å². The predicted octanol–water partition coefficient (Wildman–Crippen LogP) is 5.56. The van der Waals surface area contributed by atoms with Crippen molar-refractivity contribution in [1.29, 1.82) is 0 Å². The van der Waals surface area contributed by atoms with Crippen LogP contribution in [0.1, 0.15) is 95.6 Å². The Kier molecular flexibility index (Phi) is 8.68. The first kappa shape index (κ1) is 31.4. The van der Waals surface area contributed by atoms with Crippen molar-refractivity contribution in [3.8, 4) is 11.3 Å². The Morgan fingerprint density at radius 3 is 2.36 bits per heavy atom. The number of nitrogens with one attached hydrogen (secondary N) is 1. The molecule has 2 aromatic heterocycles. The van der Waals surface area contributed by atoms with E-state index in [4.69, 9.17) is 9.72 Å². The minimum atomic E-state index is -1.01. The summed E-state index contributed by atoms with van der Waals surface area (Å²) in [6, 6.07) is 7.83. The summed E-state index contributed by atoms with van der Waals surface area (Å²) in [4.78, 5) is 48.7. The molecule has 1 N–H and O–H groups in total. The number of nitrogens with zero attached hydrogens (tertiary/aromatic N) is 5. The van der Waals surface area contributed by atoms with Crippen LogP contribution in [0.15, 0.2) is 36.5 Å². The number of aromatic nitrogens is 3. The van der Waals surface area contributed by atoms with Crippen LogP contribution in [0.4, 0.5) is 9.18 Å². The summed E-state index contributed by atoms with van der Waals surface area (Å²) in [5.74, 6) is -0.555. The number of hydrogen-bond acceptors (Lipinski definition) is 6. The molecule has 1 aliphatic carbocycles. The van der Waals surface area contributed by atoms with Crippen molar-refractivity contribution in [2.24, 2.45) is 0 Å². The van der Waals surface area contributed by atoms with Gasteiger partial charge in [0.1, 0.15) is 22.7 Å². The normalized spacial score (nSPS) is 18.9. The lowest BCUT2D eigenvalue weighted by atomic mass is 9.80. The second kappa shape index (κ2) is 12.2. The van der Waals surface area contributed by atoms with Crippen LogP contribution in [0, 0.1) is 5.82 Å². The summed E-state index contributed by atoms with van der Waals surface area (Å²) in [5.41, 5.74) is 1.55. The van der Waals surface area contributed by atoms with Crippen LogP contribution in [-0.4, -0.2) is 79.1 Å². The third-order valence-corrected chi connectivity index (χ3v) is 8.47. The number of halogens is 1. The van der Waals surface area contributed by atoms with Crippen LogP contribution in [-0.2, 0) is 9.53 Å². The summed E-state index contributed by atoms with van der Waals surface area (Å²) < 4.78 is 20.7. The van der Waals surface area contributed by atoms with Crippen molar-refractivity contribution in [3.63, 3.8) is 0 Å². The summed E-state index contributed by atoms with van der Waals surface area (Å²) >= 11 is 0. The molecule has 0 unspecified atom stereocenters. The van der Waals surface area contributed by atoms with Gasteiger partial charge in [0.25, 0.3) is 5.91 Å². The van der Waals surface area contributed by atoms with Crippen molar-refractivity contribution >= 4 is 23.6 Å². The van der Waals surface area contributed by atoms with Crippen molar-refractivity contribution in [2.45, 2.75) is 96.7 Å². The number of ether oxygens (including phenoxy) is 1. The molecule has 5 rings (SSSR count). The SMILES string of the molecule is CC(C)c1cc(-c2ccc(F)cc2)nn2cc(C(=O)N3CCN(C(=O)C4(NC(=O)OC(C)(C)C)CCCCC4)[C@@H](C)C3)nc12. The first-order valence-electron chi connectivity index (χ1n) is 15.5. The van der Waals surface area contributed by atoms with E-state index in [2.05, 4.69) is 24.3 Å². The standard InChI is InChI=1S/C33H43FN6O4/c1-21(2)25-18-26(23-10-12-24(34)13-11-23)37-40-20-27(35-28(25)40)29(41)38-16-17-39(22(3)19-38)30(42)33(14-8-7-9-15-33)36-31(43)44-32(4,5)6/h10-13,18,20-22H,7-9,14-17,19H2,1-6H3,(H,36,43)/t22-/m0/s1. The van der Waals surface area contributed by atoms with E-state index < -0.39 is 17.2 Å². The Bertz CT molecular complexity index is 1540. The van der Waals surface area contributed by atoms with Crippen LogP contribution in [0.2, 0.25) is 0 Å². The number of carbonyl (C=O) groups is 3. The molecule has 1 aromatic carbocycles. The van der Waals surface area contributed by atoms with Gasteiger partial charge in [0.15, 0.2) is 5.65 Å². The maximum absolute atomic E-state index is 14.0. The molecule has 3 aromatic rings. The van der Waals surface area contributed by atoms with Gasteiger partial charge in [-0.05, 0) is 76.8 Å². The van der Waals surface area contributed by atoms with Crippen molar-refractivity contribution in [1.82, 2.24) is 29.7 Å². The zero-order chi connectivity index (χ0) is 31.8. The minimum absolute atomic E-state index is 0.112. The van der Waals surface area contributed by atoms with Gasteiger partial charge in [0.05, 0.1) is 11.9 Å². The van der Waals surface area contributed by atoms with E-state index in [9.17, 15) is 18.8 Å². The topological polar surface area (TPSA) is 109 Å². The fraction of sp³-hybridized carbons (Fsp3) is 0.545. The fourth-order valence-corrected chi connectivity index (χ4v) is 6.22. The second-order valence-electron chi connectivity index (χ2n) is 13.4. The third-order valence-electron chi connectivity index (χ3n) is 8.47. The van der Waals surface area contributed by atoms with Crippen LogP contribution in [0.25, 0.3) is 16.9 Å². The van der Waals surface area contributed by atoms with E-state index in [1.807, 2.05) is 13.0 Å². The number of hydrogen-bond donors (Lipinski definition) is 1. The summed E-state index contributed by atoms with van der Waals surface area (Å²) in [5, 5.41) is 7.63. The monoisotopic (exact) mass is 606 g/mol. The van der Waals surface area contributed by atoms with Crippen LogP contribution in [0.3, 0.4) is 0 Å². The number of piperazine rings is 1. The number of amides is 3. The Labute approximate surface area is 257 Å². The van der Waals surface area contributed by atoms with Gasteiger partial charge in [0.2, 0.25) is 5.91 Å². The number of imidazole rings is 1. The van der Waals surface area contributed by atoms with Gasteiger partial charge < -0.3 is 19.9 Å². The first-order valence-corrected chi connectivity index (χ1v) is 15.5. The first-order chi connectivity index (χ1) is 20.8.